The van der Waals surface area contributed by atoms with E-state index in [0.29, 0.717) is 5.69 Å². The minimum atomic E-state index is -0.563. The van der Waals surface area contributed by atoms with Gasteiger partial charge >= 0.3 is 0 Å². The predicted octanol–water partition coefficient (Wildman–Crippen LogP) is 3.07. The first kappa shape index (κ1) is 19.0. The van der Waals surface area contributed by atoms with Gasteiger partial charge < -0.3 is 14.9 Å². The Bertz CT molecular complexity index is 947. The number of amides is 1. The molecular formula is C20H21N3O3S. The molecule has 0 aliphatic rings. The van der Waals surface area contributed by atoms with Crippen LogP contribution >= 0.6 is 11.8 Å². The number of aryl methyl sites for hydroxylation is 3. The van der Waals surface area contributed by atoms with E-state index in [1.165, 1.54) is 4.68 Å². The Hall–Kier alpha value is -2.80. The summed E-state index contributed by atoms with van der Waals surface area (Å²) in [5.41, 5.74) is 4.69. The SMILES string of the molecule is Cc1ccc(-[n+]2noc([O-])c2SC(C)C(=O)Nc2cc(C)cc(C)c2)cc1. The number of benzene rings is 2. The van der Waals surface area contributed by atoms with Gasteiger partial charge in [-0.05, 0) is 67.4 Å². The van der Waals surface area contributed by atoms with Crippen molar-refractivity contribution < 1.29 is 19.1 Å². The number of nitrogens with one attached hydrogen (secondary N) is 1. The number of thioether (sulfide) groups is 1. The van der Waals surface area contributed by atoms with E-state index >= 15 is 0 Å². The van der Waals surface area contributed by atoms with E-state index in [4.69, 9.17) is 4.52 Å². The molecule has 6 nitrogen and oxygen atoms in total. The number of anilines is 1. The molecule has 0 bridgehead atoms. The van der Waals surface area contributed by atoms with Crippen molar-refractivity contribution in [3.63, 3.8) is 0 Å². The average molecular weight is 383 g/mol. The first-order chi connectivity index (χ1) is 12.8. The molecule has 1 aromatic heterocycles. The van der Waals surface area contributed by atoms with Gasteiger partial charge in [0.15, 0.2) is 5.95 Å². The molecule has 2 aromatic carbocycles. The summed E-state index contributed by atoms with van der Waals surface area (Å²) in [6, 6.07) is 13.4. The van der Waals surface area contributed by atoms with Crippen LogP contribution in [-0.2, 0) is 4.79 Å². The molecule has 140 valence electrons. The van der Waals surface area contributed by atoms with Crippen LogP contribution in [0.15, 0.2) is 52.0 Å². The van der Waals surface area contributed by atoms with Crippen molar-refractivity contribution in [2.45, 2.75) is 38.0 Å². The van der Waals surface area contributed by atoms with E-state index in [9.17, 15) is 9.90 Å². The van der Waals surface area contributed by atoms with Crippen molar-refractivity contribution in [3.05, 3.63) is 59.2 Å². The molecular weight excluding hydrogens is 362 g/mol. The zero-order valence-corrected chi connectivity index (χ0v) is 16.5. The molecule has 3 rings (SSSR count). The van der Waals surface area contributed by atoms with Crippen LogP contribution in [0.2, 0.25) is 0 Å². The molecule has 1 atom stereocenters. The quantitative estimate of drug-likeness (QED) is 0.541. The second kappa shape index (κ2) is 7.84. The summed E-state index contributed by atoms with van der Waals surface area (Å²) in [5, 5.41) is 18.6. The molecule has 7 heteroatoms. The van der Waals surface area contributed by atoms with Crippen LogP contribution in [-0.4, -0.2) is 16.4 Å². The minimum absolute atomic E-state index is 0.193. The molecule has 0 aliphatic carbocycles. The number of hydrogen-bond acceptors (Lipinski definition) is 5. The number of nitrogens with zero attached hydrogens (tertiary/aromatic N) is 2. The number of carbonyl (C=O) groups excluding carboxylic acids is 1. The summed E-state index contributed by atoms with van der Waals surface area (Å²) in [4.78, 5) is 12.6. The molecule has 0 aliphatic heterocycles. The second-order valence-corrected chi connectivity index (χ2v) is 7.87. The van der Waals surface area contributed by atoms with Crippen LogP contribution < -0.4 is 15.1 Å². The summed E-state index contributed by atoms with van der Waals surface area (Å²) in [7, 11) is 0. The number of aromatic nitrogens is 2. The van der Waals surface area contributed by atoms with Crippen LogP contribution in [0, 0.1) is 20.8 Å². The van der Waals surface area contributed by atoms with Crippen LogP contribution in [0.3, 0.4) is 0 Å². The zero-order chi connectivity index (χ0) is 19.6. The lowest BCUT2D eigenvalue weighted by molar-refractivity contribution is -0.705. The van der Waals surface area contributed by atoms with Crippen LogP contribution in [0.4, 0.5) is 5.69 Å². The fraction of sp³-hybridized carbons (Fsp3) is 0.250. The third kappa shape index (κ3) is 4.49. The molecule has 0 saturated heterocycles. The summed E-state index contributed by atoms with van der Waals surface area (Å²) in [6.07, 6.45) is 0. The third-order valence-corrected chi connectivity index (χ3v) is 5.13. The third-order valence-electron chi connectivity index (χ3n) is 4.00. The van der Waals surface area contributed by atoms with Crippen molar-refractivity contribution in [2.24, 2.45) is 0 Å². The number of rotatable bonds is 5. The predicted molar refractivity (Wildman–Crippen MR) is 102 cm³/mol. The summed E-state index contributed by atoms with van der Waals surface area (Å²) in [5.74, 6) is -0.757. The van der Waals surface area contributed by atoms with Gasteiger partial charge in [0.1, 0.15) is 0 Å². The van der Waals surface area contributed by atoms with Gasteiger partial charge in [0.25, 0.3) is 5.03 Å². The fourth-order valence-electron chi connectivity index (χ4n) is 2.70. The van der Waals surface area contributed by atoms with Gasteiger partial charge in [-0.3, -0.25) is 4.79 Å². The van der Waals surface area contributed by atoms with E-state index in [1.807, 2.05) is 63.2 Å². The zero-order valence-electron chi connectivity index (χ0n) is 15.6. The average Bonchev–Trinajstić information content (AvgIpc) is 2.95. The van der Waals surface area contributed by atoms with Gasteiger partial charge in [0.05, 0.1) is 10.5 Å². The highest BCUT2D eigenvalue weighted by Gasteiger charge is 2.26. The molecule has 1 heterocycles. The van der Waals surface area contributed by atoms with Crippen LogP contribution in [0.25, 0.3) is 5.69 Å². The van der Waals surface area contributed by atoms with Crippen molar-refractivity contribution in [3.8, 4) is 11.6 Å². The lowest BCUT2D eigenvalue weighted by Gasteiger charge is -2.11. The lowest BCUT2D eigenvalue weighted by Crippen LogP contribution is -2.36. The molecule has 0 radical (unpaired) electrons. The number of hydrogen-bond donors (Lipinski definition) is 1. The van der Waals surface area contributed by atoms with E-state index in [1.54, 1.807) is 6.92 Å². The van der Waals surface area contributed by atoms with Gasteiger partial charge in [0.2, 0.25) is 11.6 Å². The maximum Gasteiger partial charge on any atom is 0.298 e. The van der Waals surface area contributed by atoms with E-state index in [2.05, 4.69) is 10.6 Å². The summed E-state index contributed by atoms with van der Waals surface area (Å²) in [6.45, 7) is 7.68. The van der Waals surface area contributed by atoms with Gasteiger partial charge in [-0.1, -0.05) is 23.8 Å². The Morgan fingerprint density at radius 1 is 1.11 bits per heavy atom. The van der Waals surface area contributed by atoms with Gasteiger partial charge in [-0.2, -0.15) is 0 Å². The monoisotopic (exact) mass is 383 g/mol. The normalized spacial score (nSPS) is 12.0. The molecule has 0 fully saturated rings. The van der Waals surface area contributed by atoms with Gasteiger partial charge in [-0.15, -0.1) is 0 Å². The maximum atomic E-state index is 12.6. The van der Waals surface area contributed by atoms with E-state index < -0.39 is 11.2 Å². The van der Waals surface area contributed by atoms with Crippen LogP contribution in [0.5, 0.6) is 5.95 Å². The molecule has 1 N–H and O–H groups in total. The highest BCUT2D eigenvalue weighted by molar-refractivity contribution is 8.00. The van der Waals surface area contributed by atoms with Crippen molar-refractivity contribution in [1.82, 2.24) is 5.27 Å². The Labute approximate surface area is 162 Å². The first-order valence-electron chi connectivity index (χ1n) is 8.55. The highest BCUT2D eigenvalue weighted by atomic mass is 32.2. The van der Waals surface area contributed by atoms with Crippen LogP contribution in [0.1, 0.15) is 23.6 Å². The standard InChI is InChI=1S/C20H21N3O3S/c1-12-5-7-17(8-6-12)23-19(20(25)26-22-23)27-15(4)18(24)21-16-10-13(2)9-14(3)11-16/h5-11,15H,1-4H3,(H-,21,22,24,25). The highest BCUT2D eigenvalue weighted by Crippen LogP contribution is 2.28. The molecule has 3 aromatic rings. The fourth-order valence-corrected chi connectivity index (χ4v) is 3.57. The lowest BCUT2D eigenvalue weighted by atomic mass is 10.1. The topological polar surface area (TPSA) is 82.1 Å². The Morgan fingerprint density at radius 2 is 1.74 bits per heavy atom. The van der Waals surface area contributed by atoms with Gasteiger partial charge in [-0.25, -0.2) is 0 Å². The summed E-state index contributed by atoms with van der Waals surface area (Å²) < 4.78 is 6.24. The molecule has 0 spiro atoms. The first-order valence-corrected chi connectivity index (χ1v) is 9.43. The van der Waals surface area contributed by atoms with E-state index in [0.717, 1.165) is 34.1 Å². The maximum absolute atomic E-state index is 12.6. The Kier molecular flexibility index (Phi) is 5.51. The van der Waals surface area contributed by atoms with E-state index in [-0.39, 0.29) is 10.9 Å². The van der Waals surface area contributed by atoms with Crippen molar-refractivity contribution in [1.29, 1.82) is 0 Å². The summed E-state index contributed by atoms with van der Waals surface area (Å²) >= 11 is 1.12. The Morgan fingerprint density at radius 3 is 2.37 bits per heavy atom. The molecule has 27 heavy (non-hydrogen) atoms. The smallest absolute Gasteiger partial charge is 0.298 e. The molecule has 0 saturated carbocycles. The number of carbonyl (C=O) groups is 1. The molecule has 1 unspecified atom stereocenters. The van der Waals surface area contributed by atoms with Crippen molar-refractivity contribution >= 4 is 23.4 Å². The minimum Gasteiger partial charge on any atom is -0.538 e. The molecule has 1 amide bonds. The largest absolute Gasteiger partial charge is 0.538 e. The second-order valence-electron chi connectivity index (χ2n) is 6.54. The Balaban J connectivity index is 1.77. The van der Waals surface area contributed by atoms with Crippen molar-refractivity contribution in [2.75, 3.05) is 5.32 Å². The van der Waals surface area contributed by atoms with Gasteiger partial charge in [0, 0.05) is 17.8 Å².